The number of hydrogen-bond acceptors (Lipinski definition) is 3. The summed E-state index contributed by atoms with van der Waals surface area (Å²) in [6, 6.07) is 15.1. The summed E-state index contributed by atoms with van der Waals surface area (Å²) in [5.74, 6) is 0.937. The van der Waals surface area contributed by atoms with Crippen LogP contribution in [0.1, 0.15) is 28.8 Å². The van der Waals surface area contributed by atoms with Gasteiger partial charge in [0.05, 0.1) is 0 Å². The summed E-state index contributed by atoms with van der Waals surface area (Å²) < 4.78 is 0. The van der Waals surface area contributed by atoms with Gasteiger partial charge in [0.2, 0.25) is 5.91 Å². The molecule has 1 fully saturated rings. The number of amides is 2. The molecule has 0 aromatic heterocycles. The summed E-state index contributed by atoms with van der Waals surface area (Å²) in [5.41, 5.74) is 3.37. The van der Waals surface area contributed by atoms with Crippen molar-refractivity contribution < 1.29 is 9.59 Å². The van der Waals surface area contributed by atoms with Crippen molar-refractivity contribution in [2.45, 2.75) is 18.6 Å². The normalized spacial score (nSPS) is 14.0. The summed E-state index contributed by atoms with van der Waals surface area (Å²) in [6.45, 7) is 0.743. The minimum Gasteiger partial charge on any atom is -0.322 e. The molecule has 0 atom stereocenters. The van der Waals surface area contributed by atoms with Gasteiger partial charge in [0.15, 0.2) is 0 Å². The SMILES string of the molecule is CSCc1ccc(C(=O)Nc2cccc(N3CCCC3=O)c2)cc1. The van der Waals surface area contributed by atoms with Gasteiger partial charge in [-0.1, -0.05) is 18.2 Å². The van der Waals surface area contributed by atoms with E-state index >= 15 is 0 Å². The van der Waals surface area contributed by atoms with Crippen molar-refractivity contribution in [1.29, 1.82) is 0 Å². The maximum atomic E-state index is 12.4. The molecule has 0 radical (unpaired) electrons. The predicted octanol–water partition coefficient (Wildman–Crippen LogP) is 3.93. The van der Waals surface area contributed by atoms with E-state index in [0.29, 0.717) is 17.7 Å². The zero-order valence-corrected chi connectivity index (χ0v) is 14.4. The fraction of sp³-hybridized carbons (Fsp3) is 0.263. The average Bonchev–Trinajstić information content (AvgIpc) is 3.02. The van der Waals surface area contributed by atoms with Crippen molar-refractivity contribution in [3.8, 4) is 0 Å². The standard InChI is InChI=1S/C19H20N2O2S/c1-24-13-14-7-9-15(10-8-14)19(23)20-16-4-2-5-17(12-16)21-11-3-6-18(21)22/h2,4-5,7-10,12H,3,6,11,13H2,1H3,(H,20,23). The lowest BCUT2D eigenvalue weighted by Gasteiger charge is -2.16. The molecule has 0 aliphatic carbocycles. The first kappa shape index (κ1) is 16.6. The largest absolute Gasteiger partial charge is 0.322 e. The maximum Gasteiger partial charge on any atom is 0.255 e. The van der Waals surface area contributed by atoms with Crippen molar-refractivity contribution in [2.75, 3.05) is 23.0 Å². The molecule has 0 spiro atoms. The summed E-state index contributed by atoms with van der Waals surface area (Å²) >= 11 is 1.75. The Hall–Kier alpha value is -2.27. The lowest BCUT2D eigenvalue weighted by molar-refractivity contribution is -0.117. The Morgan fingerprint density at radius 1 is 1.21 bits per heavy atom. The number of hydrogen-bond donors (Lipinski definition) is 1. The van der Waals surface area contributed by atoms with Crippen LogP contribution in [0.25, 0.3) is 0 Å². The summed E-state index contributed by atoms with van der Waals surface area (Å²) in [7, 11) is 0. The molecule has 0 saturated carbocycles. The number of anilines is 2. The Bertz CT molecular complexity index is 743. The summed E-state index contributed by atoms with van der Waals surface area (Å²) in [5, 5.41) is 2.91. The van der Waals surface area contributed by atoms with Gasteiger partial charge in [-0.25, -0.2) is 0 Å². The van der Waals surface area contributed by atoms with Crippen molar-refractivity contribution >= 4 is 35.0 Å². The molecule has 0 unspecified atom stereocenters. The number of carbonyl (C=O) groups excluding carboxylic acids is 2. The van der Waals surface area contributed by atoms with Gasteiger partial charge in [-0.05, 0) is 48.6 Å². The van der Waals surface area contributed by atoms with Gasteiger partial charge in [0, 0.05) is 35.7 Å². The van der Waals surface area contributed by atoms with Crippen LogP contribution in [-0.4, -0.2) is 24.6 Å². The first-order valence-electron chi connectivity index (χ1n) is 7.97. The van der Waals surface area contributed by atoms with Crippen LogP contribution < -0.4 is 10.2 Å². The maximum absolute atomic E-state index is 12.4. The van der Waals surface area contributed by atoms with Crippen LogP contribution in [0, 0.1) is 0 Å². The summed E-state index contributed by atoms with van der Waals surface area (Å²) in [6.07, 6.45) is 3.54. The zero-order chi connectivity index (χ0) is 16.9. The Morgan fingerprint density at radius 2 is 2.00 bits per heavy atom. The van der Waals surface area contributed by atoms with Crippen molar-refractivity contribution in [3.63, 3.8) is 0 Å². The van der Waals surface area contributed by atoms with Crippen LogP contribution in [0.3, 0.4) is 0 Å². The average molecular weight is 340 g/mol. The topological polar surface area (TPSA) is 49.4 Å². The first-order valence-corrected chi connectivity index (χ1v) is 9.36. The molecular formula is C19H20N2O2S. The number of thioether (sulfide) groups is 1. The zero-order valence-electron chi connectivity index (χ0n) is 13.6. The lowest BCUT2D eigenvalue weighted by atomic mass is 10.1. The van der Waals surface area contributed by atoms with E-state index in [4.69, 9.17) is 0 Å². The van der Waals surface area contributed by atoms with Crippen molar-refractivity contribution in [3.05, 3.63) is 59.7 Å². The molecular weight excluding hydrogens is 320 g/mol. The molecule has 2 aromatic rings. The van der Waals surface area contributed by atoms with Crippen LogP contribution in [-0.2, 0) is 10.5 Å². The highest BCUT2D eigenvalue weighted by Gasteiger charge is 2.21. The molecule has 124 valence electrons. The van der Waals surface area contributed by atoms with E-state index in [9.17, 15) is 9.59 Å². The molecule has 1 N–H and O–H groups in total. The van der Waals surface area contributed by atoms with E-state index in [-0.39, 0.29) is 11.8 Å². The smallest absolute Gasteiger partial charge is 0.255 e. The third-order valence-corrected chi connectivity index (χ3v) is 4.64. The minimum absolute atomic E-state index is 0.142. The highest BCUT2D eigenvalue weighted by Crippen LogP contribution is 2.24. The van der Waals surface area contributed by atoms with Crippen LogP contribution >= 0.6 is 11.8 Å². The second-order valence-electron chi connectivity index (χ2n) is 5.78. The Labute approximate surface area is 146 Å². The fourth-order valence-corrected chi connectivity index (χ4v) is 3.32. The van der Waals surface area contributed by atoms with Gasteiger partial charge in [-0.15, -0.1) is 0 Å². The molecule has 1 heterocycles. The Kier molecular flexibility index (Phi) is 5.20. The summed E-state index contributed by atoms with van der Waals surface area (Å²) in [4.78, 5) is 26.0. The molecule has 2 aromatic carbocycles. The number of rotatable bonds is 5. The second kappa shape index (κ2) is 7.53. The number of nitrogens with one attached hydrogen (secondary N) is 1. The molecule has 0 bridgehead atoms. The van der Waals surface area contributed by atoms with Gasteiger partial charge in [-0.2, -0.15) is 11.8 Å². The predicted molar refractivity (Wildman–Crippen MR) is 99.6 cm³/mol. The molecule has 24 heavy (non-hydrogen) atoms. The van der Waals surface area contributed by atoms with Crippen LogP contribution in [0.5, 0.6) is 0 Å². The van der Waals surface area contributed by atoms with Crippen LogP contribution in [0.15, 0.2) is 48.5 Å². The molecule has 1 aliphatic heterocycles. The highest BCUT2D eigenvalue weighted by atomic mass is 32.2. The van der Waals surface area contributed by atoms with E-state index in [1.54, 1.807) is 16.7 Å². The first-order chi connectivity index (χ1) is 11.7. The minimum atomic E-state index is -0.143. The molecule has 1 saturated heterocycles. The molecule has 5 heteroatoms. The second-order valence-corrected chi connectivity index (χ2v) is 6.65. The quantitative estimate of drug-likeness (QED) is 0.897. The number of nitrogens with zero attached hydrogens (tertiary/aromatic N) is 1. The number of carbonyl (C=O) groups is 2. The van der Waals surface area contributed by atoms with Crippen molar-refractivity contribution in [1.82, 2.24) is 0 Å². The van der Waals surface area contributed by atoms with E-state index in [0.717, 1.165) is 24.4 Å². The molecule has 4 nitrogen and oxygen atoms in total. The number of benzene rings is 2. The molecule has 3 rings (SSSR count). The van der Waals surface area contributed by atoms with Crippen LogP contribution in [0.2, 0.25) is 0 Å². The Balaban J connectivity index is 1.71. The van der Waals surface area contributed by atoms with Crippen molar-refractivity contribution in [2.24, 2.45) is 0 Å². The third-order valence-electron chi connectivity index (χ3n) is 4.02. The Morgan fingerprint density at radius 3 is 2.67 bits per heavy atom. The van der Waals surface area contributed by atoms with Gasteiger partial charge in [-0.3, -0.25) is 9.59 Å². The van der Waals surface area contributed by atoms with E-state index in [1.807, 2.05) is 48.5 Å². The van der Waals surface area contributed by atoms with E-state index in [2.05, 4.69) is 11.6 Å². The lowest BCUT2D eigenvalue weighted by Crippen LogP contribution is -2.23. The third kappa shape index (κ3) is 3.79. The van der Waals surface area contributed by atoms with Gasteiger partial charge in [0.25, 0.3) is 5.91 Å². The van der Waals surface area contributed by atoms with E-state index in [1.165, 1.54) is 5.56 Å². The van der Waals surface area contributed by atoms with E-state index < -0.39 is 0 Å². The monoisotopic (exact) mass is 340 g/mol. The highest BCUT2D eigenvalue weighted by molar-refractivity contribution is 7.97. The van der Waals surface area contributed by atoms with Gasteiger partial charge in [0.1, 0.15) is 0 Å². The van der Waals surface area contributed by atoms with Crippen LogP contribution in [0.4, 0.5) is 11.4 Å². The van der Waals surface area contributed by atoms with Gasteiger partial charge < -0.3 is 10.2 Å². The molecule has 2 amide bonds. The molecule has 1 aliphatic rings. The van der Waals surface area contributed by atoms with Gasteiger partial charge >= 0.3 is 0 Å². The fourth-order valence-electron chi connectivity index (χ4n) is 2.79.